The van der Waals surface area contributed by atoms with Gasteiger partial charge in [-0.25, -0.2) is 0 Å². The van der Waals surface area contributed by atoms with Crippen LogP contribution in [0.25, 0.3) is 0 Å². The molecule has 0 radical (unpaired) electrons. The molecule has 0 atom stereocenters. The molecule has 0 aromatic carbocycles. The Balaban J connectivity index is 3.90. The molecule has 14 heavy (non-hydrogen) atoms. The molecule has 0 saturated carbocycles. The topological polar surface area (TPSA) is 40.5 Å². The van der Waals surface area contributed by atoms with Crippen LogP contribution in [0.4, 0.5) is 0 Å². The van der Waals surface area contributed by atoms with Crippen molar-refractivity contribution in [3.63, 3.8) is 0 Å². The highest BCUT2D eigenvalue weighted by Crippen LogP contribution is 2.53. The lowest BCUT2D eigenvalue weighted by atomic mass is 10.2. The second kappa shape index (κ2) is 7.24. The van der Waals surface area contributed by atoms with Crippen LogP contribution in [0.1, 0.15) is 34.1 Å². The van der Waals surface area contributed by atoms with Crippen molar-refractivity contribution in [2.75, 3.05) is 11.5 Å². The SMILES string of the molecule is CC(C)CC[S+]=P(O)(O)SCC(C)C. The van der Waals surface area contributed by atoms with Gasteiger partial charge in [0.15, 0.2) is 5.75 Å². The Kier molecular flexibility index (Phi) is 7.71. The van der Waals surface area contributed by atoms with Crippen LogP contribution < -0.4 is 0 Å². The minimum absolute atomic E-state index is 0.518. The molecule has 0 fully saturated rings. The summed E-state index contributed by atoms with van der Waals surface area (Å²) in [6, 6.07) is 0. The fourth-order valence-electron chi connectivity index (χ4n) is 0.691. The maximum atomic E-state index is 9.67. The predicted molar refractivity (Wildman–Crippen MR) is 70.3 cm³/mol. The van der Waals surface area contributed by atoms with Crippen LogP contribution >= 0.6 is 17.1 Å². The van der Waals surface area contributed by atoms with Gasteiger partial charge < -0.3 is 9.79 Å². The predicted octanol–water partition coefficient (Wildman–Crippen LogP) is 3.17. The van der Waals surface area contributed by atoms with E-state index < -0.39 is 5.69 Å². The quantitative estimate of drug-likeness (QED) is 0.567. The Morgan fingerprint density at radius 2 is 1.71 bits per heavy atom. The Labute approximate surface area is 95.4 Å². The average molecular weight is 257 g/mol. The van der Waals surface area contributed by atoms with Gasteiger partial charge >= 0.3 is 5.69 Å². The minimum Gasteiger partial charge on any atom is -0.304 e. The molecule has 0 aromatic rings. The average Bonchev–Trinajstić information content (AvgIpc) is 2.00. The molecular formula is C9H22O2PS2+. The van der Waals surface area contributed by atoms with Gasteiger partial charge in [-0.05, 0) is 23.2 Å². The molecule has 0 heterocycles. The normalized spacial score (nSPS) is 12.6. The van der Waals surface area contributed by atoms with Gasteiger partial charge in [0, 0.05) is 12.2 Å². The van der Waals surface area contributed by atoms with Gasteiger partial charge in [0.1, 0.15) is 0 Å². The van der Waals surface area contributed by atoms with E-state index in [0.717, 1.165) is 17.9 Å². The maximum absolute atomic E-state index is 9.67. The number of rotatable bonds is 6. The van der Waals surface area contributed by atoms with Gasteiger partial charge in [-0.3, -0.25) is 0 Å². The zero-order valence-corrected chi connectivity index (χ0v) is 12.0. The summed E-state index contributed by atoms with van der Waals surface area (Å²) in [6.07, 6.45) is 1.05. The van der Waals surface area contributed by atoms with Gasteiger partial charge in [0.2, 0.25) is 10.9 Å². The molecular weight excluding hydrogens is 235 g/mol. The van der Waals surface area contributed by atoms with Crippen LogP contribution in [-0.4, -0.2) is 21.3 Å². The molecule has 0 rings (SSSR count). The Bertz CT molecular complexity index is 199. The van der Waals surface area contributed by atoms with Gasteiger partial charge in [-0.2, -0.15) is 0 Å². The molecule has 5 heteroatoms. The van der Waals surface area contributed by atoms with Crippen LogP contribution in [0, 0.1) is 11.8 Å². The fourth-order valence-corrected chi connectivity index (χ4v) is 6.69. The van der Waals surface area contributed by atoms with E-state index in [1.807, 2.05) is 0 Å². The summed E-state index contributed by atoms with van der Waals surface area (Å²) in [7, 11) is 1.33. The standard InChI is InChI=1S/C9H22O2PS2/c1-8(2)5-6-13-12(10,11)14-7-9(3)4/h8-11H,5-7H2,1-4H3/q+1. The fraction of sp³-hybridized carbons (Fsp3) is 1.00. The Hall–Kier alpha value is 0.920. The van der Waals surface area contributed by atoms with E-state index in [2.05, 4.69) is 27.7 Å². The van der Waals surface area contributed by atoms with Crippen LogP contribution in [-0.2, 0) is 10.9 Å². The molecule has 0 aliphatic carbocycles. The molecule has 0 bridgehead atoms. The van der Waals surface area contributed by atoms with E-state index in [1.54, 1.807) is 0 Å². The van der Waals surface area contributed by atoms with Crippen molar-refractivity contribution in [2.24, 2.45) is 11.8 Å². The summed E-state index contributed by atoms with van der Waals surface area (Å²) < 4.78 is 0. The number of hydrogen-bond donors (Lipinski definition) is 2. The summed E-state index contributed by atoms with van der Waals surface area (Å²) >= 11 is 1.32. The third-order valence-electron chi connectivity index (χ3n) is 1.53. The Morgan fingerprint density at radius 1 is 1.14 bits per heavy atom. The van der Waals surface area contributed by atoms with Crippen LogP contribution in [0.15, 0.2) is 0 Å². The third kappa shape index (κ3) is 9.47. The monoisotopic (exact) mass is 257 g/mol. The van der Waals surface area contributed by atoms with E-state index in [0.29, 0.717) is 11.8 Å². The second-order valence-electron chi connectivity index (χ2n) is 4.20. The first-order chi connectivity index (χ1) is 6.33. The smallest absolute Gasteiger partial charge is 0.304 e. The van der Waals surface area contributed by atoms with E-state index in [4.69, 9.17) is 0 Å². The molecule has 0 saturated heterocycles. The molecule has 0 aliphatic heterocycles. The highest BCUT2D eigenvalue weighted by Gasteiger charge is 2.24. The molecule has 0 spiro atoms. The van der Waals surface area contributed by atoms with Crippen LogP contribution in [0.3, 0.4) is 0 Å². The van der Waals surface area contributed by atoms with Gasteiger partial charge in [0.05, 0.1) is 0 Å². The summed E-state index contributed by atoms with van der Waals surface area (Å²) in [6.45, 7) is 8.48. The van der Waals surface area contributed by atoms with Crippen molar-refractivity contribution in [2.45, 2.75) is 34.1 Å². The summed E-state index contributed by atoms with van der Waals surface area (Å²) in [4.78, 5) is 19.3. The molecule has 0 unspecified atom stereocenters. The molecule has 2 nitrogen and oxygen atoms in total. The highest BCUT2D eigenvalue weighted by atomic mass is 32.9. The summed E-state index contributed by atoms with van der Waals surface area (Å²) in [5.41, 5.74) is -2.72. The van der Waals surface area contributed by atoms with Crippen LogP contribution in [0.2, 0.25) is 0 Å². The summed E-state index contributed by atoms with van der Waals surface area (Å²) in [5, 5.41) is 0. The molecule has 0 amide bonds. The molecule has 0 aliphatic rings. The van der Waals surface area contributed by atoms with Gasteiger partial charge in [-0.1, -0.05) is 27.7 Å². The lowest BCUT2D eigenvalue weighted by molar-refractivity contribution is 0.501. The van der Waals surface area contributed by atoms with Crippen molar-refractivity contribution in [3.8, 4) is 0 Å². The van der Waals surface area contributed by atoms with E-state index in [1.165, 1.54) is 22.3 Å². The maximum Gasteiger partial charge on any atom is 0.430 e. The van der Waals surface area contributed by atoms with E-state index >= 15 is 0 Å². The zero-order valence-electron chi connectivity index (χ0n) is 9.43. The highest BCUT2D eigenvalue weighted by molar-refractivity contribution is 8.69. The lowest BCUT2D eigenvalue weighted by Crippen LogP contribution is -1.94. The van der Waals surface area contributed by atoms with Crippen molar-refractivity contribution in [1.82, 2.24) is 0 Å². The van der Waals surface area contributed by atoms with E-state index in [-0.39, 0.29) is 0 Å². The number of hydrogen-bond acceptors (Lipinski definition) is 1. The largest absolute Gasteiger partial charge is 0.430 e. The molecule has 2 N–H and O–H groups in total. The minimum atomic E-state index is -2.72. The van der Waals surface area contributed by atoms with E-state index in [9.17, 15) is 9.79 Å². The second-order valence-corrected chi connectivity index (χ2v) is 11.7. The first-order valence-corrected chi connectivity index (χ1v) is 9.84. The van der Waals surface area contributed by atoms with Crippen molar-refractivity contribution < 1.29 is 9.79 Å². The summed E-state index contributed by atoms with van der Waals surface area (Å²) in [5.74, 6) is 2.83. The van der Waals surface area contributed by atoms with Crippen molar-refractivity contribution in [3.05, 3.63) is 0 Å². The zero-order chi connectivity index (χ0) is 11.2. The van der Waals surface area contributed by atoms with Crippen molar-refractivity contribution >= 4 is 28.0 Å². The van der Waals surface area contributed by atoms with Gasteiger partial charge in [-0.15, -0.1) is 0 Å². The van der Waals surface area contributed by atoms with Gasteiger partial charge in [0.25, 0.3) is 0 Å². The van der Waals surface area contributed by atoms with Crippen molar-refractivity contribution in [1.29, 1.82) is 0 Å². The molecule has 0 aromatic heterocycles. The lowest BCUT2D eigenvalue weighted by Gasteiger charge is -2.03. The van der Waals surface area contributed by atoms with Crippen LogP contribution in [0.5, 0.6) is 0 Å². The first-order valence-electron chi connectivity index (χ1n) is 4.97. The molecule has 86 valence electrons. The third-order valence-corrected chi connectivity index (χ3v) is 8.35. The Morgan fingerprint density at radius 3 is 2.14 bits per heavy atom. The first kappa shape index (κ1) is 14.9.